The van der Waals surface area contributed by atoms with Crippen molar-refractivity contribution < 1.29 is 0 Å². The molecule has 0 saturated heterocycles. The molecule has 278 valence electrons. The lowest BCUT2D eigenvalue weighted by molar-refractivity contribution is 0.979. The topological polar surface area (TPSA) is 51.6 Å². The van der Waals surface area contributed by atoms with Crippen LogP contribution in [0.1, 0.15) is 22.3 Å². The molecule has 0 amide bonds. The van der Waals surface area contributed by atoms with Gasteiger partial charge in [0.1, 0.15) is 0 Å². The molecule has 0 atom stereocenters. The molecule has 4 aromatic heterocycles. The van der Waals surface area contributed by atoms with Crippen molar-refractivity contribution in [3.05, 3.63) is 217 Å². The highest BCUT2D eigenvalue weighted by Gasteiger charge is 2.13. The van der Waals surface area contributed by atoms with Gasteiger partial charge in [-0.05, 0) is 87.3 Å². The van der Waals surface area contributed by atoms with Gasteiger partial charge in [0.2, 0.25) is 0 Å². The summed E-state index contributed by atoms with van der Waals surface area (Å²) in [4.78, 5) is 18.8. The summed E-state index contributed by atoms with van der Waals surface area (Å²) < 4.78 is 0. The maximum atomic E-state index is 4.71. The number of aryl methyl sites for hydroxylation is 2. The second kappa shape index (κ2) is 14.7. The van der Waals surface area contributed by atoms with Crippen LogP contribution in [0.4, 0.5) is 0 Å². The van der Waals surface area contributed by atoms with Crippen molar-refractivity contribution in [2.75, 3.05) is 0 Å². The third-order valence-electron chi connectivity index (χ3n) is 11.8. The van der Waals surface area contributed by atoms with E-state index in [1.54, 1.807) is 0 Å². The number of fused-ring (bicyclic) bond motifs is 12. The van der Waals surface area contributed by atoms with E-state index in [1.165, 1.54) is 86.9 Å². The first-order valence-electron chi connectivity index (χ1n) is 20.3. The van der Waals surface area contributed by atoms with Crippen LogP contribution in [0.25, 0.3) is 86.7 Å². The first-order valence-corrected chi connectivity index (χ1v) is 20.3. The molecule has 0 fully saturated rings. The molecule has 8 aromatic carbocycles. The lowest BCUT2D eigenvalue weighted by Gasteiger charge is -2.12. The number of benzene rings is 8. The van der Waals surface area contributed by atoms with Crippen molar-refractivity contribution in [1.29, 1.82) is 0 Å². The third kappa shape index (κ3) is 6.27. The highest BCUT2D eigenvalue weighted by atomic mass is 14.7. The van der Waals surface area contributed by atoms with E-state index in [1.807, 2.05) is 49.1 Å². The molecule has 59 heavy (non-hydrogen) atoms. The largest absolute Gasteiger partial charge is 0.256 e. The van der Waals surface area contributed by atoms with E-state index in [0.29, 0.717) is 0 Å². The smallest absolute Gasteiger partial charge is 0.0783 e. The summed E-state index contributed by atoms with van der Waals surface area (Å²) in [6.07, 6.45) is 10.3. The Kier molecular flexibility index (Phi) is 8.66. The van der Waals surface area contributed by atoms with Crippen LogP contribution in [0.2, 0.25) is 0 Å². The average Bonchev–Trinajstić information content (AvgIpc) is 3.30. The van der Waals surface area contributed by atoms with Crippen molar-refractivity contribution in [3.8, 4) is 0 Å². The Hall–Kier alpha value is -7.56. The van der Waals surface area contributed by atoms with Crippen LogP contribution in [-0.4, -0.2) is 19.9 Å². The lowest BCUT2D eigenvalue weighted by atomic mass is 9.93. The quantitative estimate of drug-likeness (QED) is 0.164. The molecule has 4 heteroatoms. The van der Waals surface area contributed by atoms with E-state index in [-0.39, 0.29) is 0 Å². The Bertz CT molecular complexity index is 3320. The fraction of sp³-hybridized carbons (Fsp3) is 0.0545. The minimum absolute atomic E-state index is 0.847. The highest BCUT2D eigenvalue weighted by Crippen LogP contribution is 2.34. The standard InChI is InChI=1S/C28H20N2.C27H18N2/c1-5-19(25-21(7-1)13-15-23-9-3-17-29-27(23)25)11-12-20-6-2-8-22-14-16-24-10-4-18-30-28(24)26(20)22;1-5-18-11-13-20-9-3-15-28-26(20)24(18)22(7-1)17-23-8-2-6-19-12-14-21-10-4-16-29-27(21)25(19)23/h1-10,13-18H,11-12H2;1-16H,17H2. The summed E-state index contributed by atoms with van der Waals surface area (Å²) in [6, 6.07) is 60.3. The zero-order valence-corrected chi connectivity index (χ0v) is 32.4. The molecule has 0 spiro atoms. The molecule has 0 saturated carbocycles. The Morgan fingerprint density at radius 3 is 0.814 bits per heavy atom. The minimum Gasteiger partial charge on any atom is -0.256 e. The second-order valence-corrected chi connectivity index (χ2v) is 15.3. The summed E-state index contributed by atoms with van der Waals surface area (Å²) in [5, 5.41) is 14.8. The van der Waals surface area contributed by atoms with E-state index in [9.17, 15) is 0 Å². The van der Waals surface area contributed by atoms with Crippen molar-refractivity contribution in [2.24, 2.45) is 0 Å². The van der Waals surface area contributed by atoms with Crippen LogP contribution in [0.3, 0.4) is 0 Å². The fourth-order valence-electron chi connectivity index (χ4n) is 9.14. The summed E-state index contributed by atoms with van der Waals surface area (Å²) in [5.41, 5.74) is 9.63. The predicted octanol–water partition coefficient (Wildman–Crippen LogP) is 13.6. The molecule has 0 N–H and O–H groups in total. The van der Waals surface area contributed by atoms with Crippen LogP contribution in [0.15, 0.2) is 195 Å². The minimum atomic E-state index is 0.847. The molecule has 4 nitrogen and oxygen atoms in total. The van der Waals surface area contributed by atoms with Crippen LogP contribution in [0.5, 0.6) is 0 Å². The van der Waals surface area contributed by atoms with E-state index in [0.717, 1.165) is 41.3 Å². The van der Waals surface area contributed by atoms with Crippen LogP contribution in [-0.2, 0) is 19.3 Å². The van der Waals surface area contributed by atoms with E-state index in [4.69, 9.17) is 19.9 Å². The van der Waals surface area contributed by atoms with Gasteiger partial charge >= 0.3 is 0 Å². The zero-order chi connectivity index (χ0) is 39.1. The molecular formula is C55H38N4. The monoisotopic (exact) mass is 754 g/mol. The van der Waals surface area contributed by atoms with Gasteiger partial charge in [0.05, 0.1) is 22.1 Å². The van der Waals surface area contributed by atoms with Crippen molar-refractivity contribution in [3.63, 3.8) is 0 Å². The second-order valence-electron chi connectivity index (χ2n) is 15.3. The number of hydrogen-bond donors (Lipinski definition) is 0. The summed E-state index contributed by atoms with van der Waals surface area (Å²) >= 11 is 0. The molecule has 0 unspecified atom stereocenters. The Labute approximate surface area is 341 Å². The first kappa shape index (κ1) is 34.7. The van der Waals surface area contributed by atoms with E-state index < -0.39 is 0 Å². The average molecular weight is 755 g/mol. The zero-order valence-electron chi connectivity index (χ0n) is 32.4. The van der Waals surface area contributed by atoms with Crippen molar-refractivity contribution >= 4 is 86.7 Å². The van der Waals surface area contributed by atoms with E-state index in [2.05, 4.69) is 146 Å². The van der Waals surface area contributed by atoms with Gasteiger partial charge in [-0.3, -0.25) is 19.9 Å². The van der Waals surface area contributed by atoms with Crippen molar-refractivity contribution in [2.45, 2.75) is 19.3 Å². The number of aromatic nitrogens is 4. The van der Waals surface area contributed by atoms with Crippen LogP contribution in [0, 0.1) is 0 Å². The molecule has 0 bridgehead atoms. The van der Waals surface area contributed by atoms with Gasteiger partial charge in [-0.25, -0.2) is 0 Å². The number of pyridine rings is 4. The van der Waals surface area contributed by atoms with Crippen LogP contribution >= 0.6 is 0 Å². The van der Waals surface area contributed by atoms with Gasteiger partial charge in [-0.2, -0.15) is 0 Å². The molecule has 12 rings (SSSR count). The molecular weight excluding hydrogens is 717 g/mol. The SMILES string of the molecule is c1cnc2c(c1)ccc1cccc(CCc3cccc4ccc5cccnc5c34)c12.c1cnc2c(c1)ccc1cccc(Cc3cccc4ccc5cccnc5c34)c12. The van der Waals surface area contributed by atoms with Gasteiger partial charge in [-0.1, -0.05) is 146 Å². The number of rotatable bonds is 5. The van der Waals surface area contributed by atoms with Gasteiger partial charge in [0.25, 0.3) is 0 Å². The van der Waals surface area contributed by atoms with E-state index >= 15 is 0 Å². The van der Waals surface area contributed by atoms with Gasteiger partial charge < -0.3 is 0 Å². The molecule has 0 aliphatic rings. The summed E-state index contributed by atoms with van der Waals surface area (Å²) in [6.45, 7) is 0. The van der Waals surface area contributed by atoms with Gasteiger partial charge in [0.15, 0.2) is 0 Å². The Morgan fingerprint density at radius 1 is 0.237 bits per heavy atom. The maximum absolute atomic E-state index is 4.71. The molecule has 12 aromatic rings. The number of hydrogen-bond acceptors (Lipinski definition) is 4. The molecule has 4 heterocycles. The molecule has 0 aliphatic carbocycles. The van der Waals surface area contributed by atoms with Gasteiger partial charge in [0, 0.05) is 67.9 Å². The molecule has 0 aliphatic heterocycles. The third-order valence-corrected chi connectivity index (χ3v) is 11.8. The lowest BCUT2D eigenvalue weighted by Crippen LogP contribution is -1.96. The fourth-order valence-corrected chi connectivity index (χ4v) is 9.14. The summed E-state index contributed by atoms with van der Waals surface area (Å²) in [5.74, 6) is 0. The maximum Gasteiger partial charge on any atom is 0.0783 e. The van der Waals surface area contributed by atoms with Gasteiger partial charge in [-0.15, -0.1) is 0 Å². The molecule has 0 radical (unpaired) electrons. The first-order chi connectivity index (χ1) is 29.3. The predicted molar refractivity (Wildman–Crippen MR) is 247 cm³/mol. The van der Waals surface area contributed by atoms with Crippen molar-refractivity contribution in [1.82, 2.24) is 19.9 Å². The highest BCUT2D eigenvalue weighted by molar-refractivity contribution is 6.10. The normalized spacial score (nSPS) is 11.6. The van der Waals surface area contributed by atoms with Crippen LogP contribution < -0.4 is 0 Å². The Morgan fingerprint density at radius 2 is 0.492 bits per heavy atom. The number of nitrogens with zero attached hydrogens (tertiary/aromatic N) is 4. The summed E-state index contributed by atoms with van der Waals surface area (Å²) in [7, 11) is 0. The Balaban J connectivity index is 0.000000135.